The fourth-order valence-corrected chi connectivity index (χ4v) is 4.06. The number of aromatic nitrogens is 2. The van der Waals surface area contributed by atoms with Gasteiger partial charge in [-0.05, 0) is 55.7 Å². The first-order valence-electron chi connectivity index (χ1n) is 9.71. The number of hydrogen-bond donors (Lipinski definition) is 1. The summed E-state index contributed by atoms with van der Waals surface area (Å²) in [5, 5.41) is 3.63. The molecule has 0 saturated carbocycles. The fourth-order valence-electron chi connectivity index (χ4n) is 3.78. The lowest BCUT2D eigenvalue weighted by Crippen LogP contribution is -2.35. The number of imidazole rings is 1. The zero-order valence-corrected chi connectivity index (χ0v) is 17.9. The summed E-state index contributed by atoms with van der Waals surface area (Å²) in [6.07, 6.45) is 3.47. The summed E-state index contributed by atoms with van der Waals surface area (Å²) in [7, 11) is 0. The molecule has 1 atom stereocenters. The molecule has 1 fully saturated rings. The molecule has 8 heteroatoms. The van der Waals surface area contributed by atoms with Crippen LogP contribution in [-0.2, 0) is 6.54 Å². The smallest absolute Gasteiger partial charge is 0.322 e. The Morgan fingerprint density at radius 2 is 1.93 bits per heavy atom. The van der Waals surface area contributed by atoms with E-state index >= 15 is 0 Å². The number of carbonyl (C=O) groups excluding carboxylic acids is 1. The normalized spacial score (nSPS) is 16.1. The van der Waals surface area contributed by atoms with Gasteiger partial charge in [-0.15, -0.1) is 0 Å². The molecule has 0 bridgehead atoms. The Morgan fingerprint density at radius 3 is 2.67 bits per heavy atom. The first-order valence-corrected chi connectivity index (χ1v) is 10.5. The van der Waals surface area contributed by atoms with Crippen LogP contribution in [0.15, 0.2) is 48.7 Å². The van der Waals surface area contributed by atoms with Crippen molar-refractivity contribution in [2.45, 2.75) is 32.4 Å². The molecule has 3 aromatic rings. The van der Waals surface area contributed by atoms with Crippen molar-refractivity contribution in [3.63, 3.8) is 0 Å². The van der Waals surface area contributed by atoms with E-state index in [9.17, 15) is 9.18 Å². The van der Waals surface area contributed by atoms with Crippen LogP contribution in [0.2, 0.25) is 10.0 Å². The van der Waals surface area contributed by atoms with Crippen molar-refractivity contribution in [1.82, 2.24) is 14.5 Å². The first kappa shape index (κ1) is 20.7. The molecule has 4 rings (SSSR count). The fraction of sp³-hybridized carbons (Fsp3) is 0.273. The molecule has 0 spiro atoms. The van der Waals surface area contributed by atoms with E-state index in [1.165, 1.54) is 12.1 Å². The van der Waals surface area contributed by atoms with Crippen molar-refractivity contribution in [3.8, 4) is 0 Å². The van der Waals surface area contributed by atoms with E-state index < -0.39 is 5.82 Å². The van der Waals surface area contributed by atoms with Crippen molar-refractivity contribution < 1.29 is 9.18 Å². The molecule has 0 radical (unpaired) electrons. The second kappa shape index (κ2) is 8.66. The van der Waals surface area contributed by atoms with Crippen molar-refractivity contribution in [2.24, 2.45) is 0 Å². The van der Waals surface area contributed by atoms with Gasteiger partial charge in [0.05, 0.1) is 11.7 Å². The number of aryl methyl sites for hydroxylation is 1. The first-order chi connectivity index (χ1) is 14.4. The summed E-state index contributed by atoms with van der Waals surface area (Å²) >= 11 is 11.8. The highest BCUT2D eigenvalue weighted by Crippen LogP contribution is 2.33. The van der Waals surface area contributed by atoms with E-state index in [4.69, 9.17) is 23.2 Å². The summed E-state index contributed by atoms with van der Waals surface area (Å²) in [6, 6.07) is 11.3. The summed E-state index contributed by atoms with van der Waals surface area (Å²) in [6.45, 7) is 3.21. The maximum absolute atomic E-state index is 14.1. The van der Waals surface area contributed by atoms with Crippen LogP contribution in [0.4, 0.5) is 14.9 Å². The number of amides is 2. The quantitative estimate of drug-likeness (QED) is 0.529. The monoisotopic (exact) mass is 446 g/mol. The Kier molecular flexibility index (Phi) is 5.97. The topological polar surface area (TPSA) is 50.2 Å². The van der Waals surface area contributed by atoms with Crippen LogP contribution >= 0.6 is 23.2 Å². The van der Waals surface area contributed by atoms with Crippen LogP contribution in [0.25, 0.3) is 0 Å². The van der Waals surface area contributed by atoms with Crippen LogP contribution in [-0.4, -0.2) is 27.0 Å². The predicted octanol–water partition coefficient (Wildman–Crippen LogP) is 6.05. The lowest BCUT2D eigenvalue weighted by molar-refractivity contribution is 0.204. The van der Waals surface area contributed by atoms with E-state index in [-0.39, 0.29) is 22.8 Å². The Bertz CT molecular complexity index is 1070. The number of halogens is 3. The third-order valence-electron chi connectivity index (χ3n) is 5.32. The second-order valence-electron chi connectivity index (χ2n) is 7.38. The number of carbonyl (C=O) groups is 1. The molecule has 2 aromatic carbocycles. The van der Waals surface area contributed by atoms with Crippen molar-refractivity contribution in [2.75, 3.05) is 11.9 Å². The average Bonchev–Trinajstić information content (AvgIpc) is 3.33. The van der Waals surface area contributed by atoms with Crippen molar-refractivity contribution in [3.05, 3.63) is 81.6 Å². The largest absolute Gasteiger partial charge is 0.326 e. The lowest BCUT2D eigenvalue weighted by atomic mass is 10.2. The Labute approximate surface area is 184 Å². The number of anilines is 1. The minimum absolute atomic E-state index is 0.107. The summed E-state index contributed by atoms with van der Waals surface area (Å²) in [4.78, 5) is 19.2. The predicted molar refractivity (Wildman–Crippen MR) is 117 cm³/mol. The molecule has 1 aliphatic heterocycles. The van der Waals surface area contributed by atoms with E-state index in [1.807, 2.05) is 37.4 Å². The van der Waals surface area contributed by atoms with Gasteiger partial charge >= 0.3 is 6.03 Å². The van der Waals surface area contributed by atoms with E-state index in [2.05, 4.69) is 14.9 Å². The number of rotatable bonds is 4. The second-order valence-corrected chi connectivity index (χ2v) is 8.25. The van der Waals surface area contributed by atoms with Gasteiger partial charge < -0.3 is 14.8 Å². The molecule has 1 saturated heterocycles. The number of hydrogen-bond acceptors (Lipinski definition) is 2. The van der Waals surface area contributed by atoms with Gasteiger partial charge in [-0.1, -0.05) is 35.3 Å². The molecule has 0 aliphatic carbocycles. The number of likely N-dealkylation sites (tertiary alicyclic amines) is 1. The third kappa shape index (κ3) is 4.30. The standard InChI is InChI=1S/C22H21Cl2FN4O/c1-14-12-26-21(29(14)13-15-4-6-16(23)7-5-15)20-3-2-10-28(20)22(30)27-19-9-8-17(24)11-18(19)25/h4-9,11-12,20H,2-3,10,13H2,1H3,(H,27,30). The molecule has 5 nitrogen and oxygen atoms in total. The van der Waals surface area contributed by atoms with E-state index in [0.717, 1.165) is 29.9 Å². The maximum Gasteiger partial charge on any atom is 0.322 e. The van der Waals surface area contributed by atoms with Crippen molar-refractivity contribution in [1.29, 1.82) is 0 Å². The number of benzene rings is 2. The van der Waals surface area contributed by atoms with E-state index in [1.54, 1.807) is 11.0 Å². The molecule has 2 amide bonds. The third-order valence-corrected chi connectivity index (χ3v) is 5.81. The molecule has 1 aromatic heterocycles. The highest BCUT2D eigenvalue weighted by Gasteiger charge is 2.33. The molecule has 2 heterocycles. The van der Waals surface area contributed by atoms with Crippen LogP contribution in [0.1, 0.15) is 36.0 Å². The van der Waals surface area contributed by atoms with Crippen LogP contribution < -0.4 is 5.32 Å². The summed E-state index contributed by atoms with van der Waals surface area (Å²) < 4.78 is 16.2. The minimum atomic E-state index is -0.563. The Morgan fingerprint density at radius 1 is 1.20 bits per heavy atom. The molecule has 1 unspecified atom stereocenters. The molecule has 156 valence electrons. The van der Waals surface area contributed by atoms with Crippen LogP contribution in [0.5, 0.6) is 0 Å². The summed E-state index contributed by atoms with van der Waals surface area (Å²) in [5.74, 6) is 0.262. The van der Waals surface area contributed by atoms with E-state index in [0.29, 0.717) is 18.1 Å². The molecule has 1 N–H and O–H groups in total. The van der Waals surface area contributed by atoms with Gasteiger partial charge in [0.1, 0.15) is 11.6 Å². The molecular formula is C22H21Cl2FN4O. The maximum atomic E-state index is 14.1. The Hall–Kier alpha value is -2.57. The number of urea groups is 1. The lowest BCUT2D eigenvalue weighted by Gasteiger charge is -2.26. The minimum Gasteiger partial charge on any atom is -0.326 e. The highest BCUT2D eigenvalue weighted by molar-refractivity contribution is 6.30. The van der Waals surface area contributed by atoms with Gasteiger partial charge in [0.15, 0.2) is 0 Å². The zero-order valence-electron chi connectivity index (χ0n) is 16.4. The van der Waals surface area contributed by atoms with Gasteiger partial charge in [-0.3, -0.25) is 0 Å². The number of nitrogens with one attached hydrogen (secondary N) is 1. The summed E-state index contributed by atoms with van der Waals surface area (Å²) in [5.41, 5.74) is 2.21. The SMILES string of the molecule is Cc1cnc(C2CCCN2C(=O)Nc2ccc(Cl)cc2F)n1Cc1ccc(Cl)cc1. The van der Waals surface area contributed by atoms with Gasteiger partial charge in [0.2, 0.25) is 0 Å². The zero-order chi connectivity index (χ0) is 21.3. The van der Waals surface area contributed by atoms with Crippen molar-refractivity contribution >= 4 is 34.9 Å². The molecule has 1 aliphatic rings. The highest BCUT2D eigenvalue weighted by atomic mass is 35.5. The van der Waals surface area contributed by atoms with Gasteiger partial charge in [0.25, 0.3) is 0 Å². The van der Waals surface area contributed by atoms with Crippen LogP contribution in [0.3, 0.4) is 0 Å². The van der Waals surface area contributed by atoms with Gasteiger partial charge in [0, 0.05) is 35.0 Å². The Balaban J connectivity index is 1.56. The average molecular weight is 447 g/mol. The van der Waals surface area contributed by atoms with Crippen LogP contribution in [0, 0.1) is 12.7 Å². The van der Waals surface area contributed by atoms with Gasteiger partial charge in [-0.2, -0.15) is 0 Å². The molecular weight excluding hydrogens is 426 g/mol. The number of nitrogens with zero attached hydrogens (tertiary/aromatic N) is 3. The molecule has 30 heavy (non-hydrogen) atoms. The van der Waals surface area contributed by atoms with Gasteiger partial charge in [-0.25, -0.2) is 14.2 Å².